The van der Waals surface area contributed by atoms with Crippen LogP contribution in [0.15, 0.2) is 0 Å². The summed E-state index contributed by atoms with van der Waals surface area (Å²) < 4.78 is 5.37. The molecule has 0 amide bonds. The van der Waals surface area contributed by atoms with Crippen molar-refractivity contribution < 1.29 is 4.74 Å². The highest BCUT2D eigenvalue weighted by molar-refractivity contribution is 6.28. The molecule has 0 spiro atoms. The monoisotopic (exact) mass is 311 g/mol. The van der Waals surface area contributed by atoms with Crippen molar-refractivity contribution in [3.05, 3.63) is 5.28 Å². The van der Waals surface area contributed by atoms with E-state index < -0.39 is 0 Å². The second-order valence-corrected chi connectivity index (χ2v) is 6.83. The van der Waals surface area contributed by atoms with Crippen LogP contribution in [-0.2, 0) is 4.74 Å². The van der Waals surface area contributed by atoms with Gasteiger partial charge in [-0.05, 0) is 29.9 Å². The zero-order chi connectivity index (χ0) is 14.9. The number of halogens is 1. The molecule has 116 valence electrons. The van der Waals surface area contributed by atoms with E-state index in [1.54, 1.807) is 0 Å². The molecule has 3 heterocycles. The van der Waals surface area contributed by atoms with Crippen molar-refractivity contribution in [2.24, 2.45) is 5.41 Å². The molecular formula is C14H22ClN5O. The highest BCUT2D eigenvalue weighted by Crippen LogP contribution is 2.30. The van der Waals surface area contributed by atoms with Crippen molar-refractivity contribution in [1.82, 2.24) is 15.0 Å². The number of aromatic nitrogens is 3. The van der Waals surface area contributed by atoms with Gasteiger partial charge in [-0.15, -0.1) is 0 Å². The maximum Gasteiger partial charge on any atom is 0.231 e. The molecule has 0 radical (unpaired) electrons. The van der Waals surface area contributed by atoms with Crippen LogP contribution in [0, 0.1) is 5.41 Å². The van der Waals surface area contributed by atoms with Crippen molar-refractivity contribution >= 4 is 23.5 Å². The van der Waals surface area contributed by atoms with Crippen molar-refractivity contribution in [2.45, 2.75) is 26.7 Å². The zero-order valence-corrected chi connectivity index (χ0v) is 13.4. The van der Waals surface area contributed by atoms with Gasteiger partial charge in [0, 0.05) is 26.2 Å². The number of nitrogens with zero attached hydrogens (tertiary/aromatic N) is 5. The number of rotatable bonds is 2. The number of hydrogen-bond acceptors (Lipinski definition) is 6. The van der Waals surface area contributed by atoms with E-state index >= 15 is 0 Å². The van der Waals surface area contributed by atoms with E-state index in [9.17, 15) is 0 Å². The van der Waals surface area contributed by atoms with E-state index in [2.05, 4.69) is 38.6 Å². The van der Waals surface area contributed by atoms with E-state index in [4.69, 9.17) is 16.3 Å². The van der Waals surface area contributed by atoms with Crippen molar-refractivity contribution in [3.8, 4) is 0 Å². The lowest BCUT2D eigenvalue weighted by atomic mass is 9.84. The molecule has 0 atom stereocenters. The first-order valence-corrected chi connectivity index (χ1v) is 7.91. The molecule has 3 rings (SSSR count). The molecule has 0 aromatic carbocycles. The largest absolute Gasteiger partial charge is 0.378 e. The van der Waals surface area contributed by atoms with Crippen LogP contribution in [0.25, 0.3) is 0 Å². The summed E-state index contributed by atoms with van der Waals surface area (Å²) in [6.07, 6.45) is 2.39. The Kier molecular flexibility index (Phi) is 4.17. The maximum atomic E-state index is 6.11. The van der Waals surface area contributed by atoms with E-state index in [1.165, 1.54) is 6.42 Å². The summed E-state index contributed by atoms with van der Waals surface area (Å²) in [5.74, 6) is 1.36. The predicted octanol–water partition coefficient (Wildman–Crippen LogP) is 1.99. The lowest BCUT2D eigenvalue weighted by Crippen LogP contribution is -2.42. The van der Waals surface area contributed by atoms with Crippen LogP contribution in [0.5, 0.6) is 0 Å². The molecule has 2 aliphatic rings. The molecule has 0 N–H and O–H groups in total. The summed E-state index contributed by atoms with van der Waals surface area (Å²) in [4.78, 5) is 17.6. The lowest BCUT2D eigenvalue weighted by molar-refractivity contribution is 0.122. The third-order valence-electron chi connectivity index (χ3n) is 4.06. The summed E-state index contributed by atoms with van der Waals surface area (Å²) in [5.41, 5.74) is 0.288. The highest BCUT2D eigenvalue weighted by Gasteiger charge is 2.28. The first-order valence-electron chi connectivity index (χ1n) is 7.53. The Balaban J connectivity index is 1.83. The molecule has 0 bridgehead atoms. The molecule has 2 fully saturated rings. The smallest absolute Gasteiger partial charge is 0.231 e. The van der Waals surface area contributed by atoms with E-state index in [0.29, 0.717) is 25.1 Å². The van der Waals surface area contributed by atoms with Gasteiger partial charge in [0.05, 0.1) is 13.2 Å². The molecule has 1 aromatic heterocycles. The van der Waals surface area contributed by atoms with Gasteiger partial charge < -0.3 is 14.5 Å². The van der Waals surface area contributed by atoms with Gasteiger partial charge >= 0.3 is 0 Å². The van der Waals surface area contributed by atoms with E-state index in [0.717, 1.165) is 32.6 Å². The minimum atomic E-state index is 0.268. The molecule has 2 aliphatic heterocycles. The molecule has 7 heteroatoms. The Morgan fingerprint density at radius 1 is 1.00 bits per heavy atom. The number of morpholine rings is 1. The Hall–Kier alpha value is -1.14. The molecule has 0 saturated carbocycles. The van der Waals surface area contributed by atoms with Crippen LogP contribution in [0.3, 0.4) is 0 Å². The zero-order valence-electron chi connectivity index (χ0n) is 12.7. The average Bonchev–Trinajstić information content (AvgIpc) is 2.46. The fourth-order valence-corrected chi connectivity index (χ4v) is 3.12. The normalized spacial score (nSPS) is 22.4. The molecule has 2 saturated heterocycles. The number of piperidine rings is 1. The minimum absolute atomic E-state index is 0.268. The number of ether oxygens (including phenoxy) is 1. The van der Waals surface area contributed by atoms with Crippen LogP contribution in [0.4, 0.5) is 11.9 Å². The first-order chi connectivity index (χ1) is 10.0. The summed E-state index contributed by atoms with van der Waals surface area (Å²) in [5, 5.41) is 0.268. The van der Waals surface area contributed by atoms with E-state index in [1.807, 2.05) is 0 Å². The Morgan fingerprint density at radius 3 is 2.33 bits per heavy atom. The van der Waals surface area contributed by atoms with Gasteiger partial charge in [0.25, 0.3) is 0 Å². The Labute approximate surface area is 130 Å². The second-order valence-electron chi connectivity index (χ2n) is 6.49. The summed E-state index contributed by atoms with van der Waals surface area (Å²) in [7, 11) is 0. The van der Waals surface area contributed by atoms with Crippen LogP contribution >= 0.6 is 11.6 Å². The van der Waals surface area contributed by atoms with Crippen LogP contribution in [0.1, 0.15) is 26.7 Å². The number of anilines is 2. The SMILES string of the molecule is CC1(C)CCCN(c2nc(Cl)nc(N3CCOCC3)n2)C1. The Bertz CT molecular complexity index is 504. The van der Waals surface area contributed by atoms with Gasteiger partial charge in [0.15, 0.2) is 0 Å². The van der Waals surface area contributed by atoms with Crippen LogP contribution < -0.4 is 9.80 Å². The molecule has 6 nitrogen and oxygen atoms in total. The van der Waals surface area contributed by atoms with Gasteiger partial charge in [-0.3, -0.25) is 0 Å². The van der Waals surface area contributed by atoms with Gasteiger partial charge in [-0.1, -0.05) is 13.8 Å². The van der Waals surface area contributed by atoms with Crippen molar-refractivity contribution in [1.29, 1.82) is 0 Å². The lowest BCUT2D eigenvalue weighted by Gasteiger charge is -2.38. The van der Waals surface area contributed by atoms with Crippen LogP contribution in [-0.4, -0.2) is 54.3 Å². The van der Waals surface area contributed by atoms with Gasteiger partial charge in [-0.25, -0.2) is 0 Å². The fraction of sp³-hybridized carbons (Fsp3) is 0.786. The summed E-state index contributed by atoms with van der Waals surface area (Å²) in [6, 6.07) is 0. The van der Waals surface area contributed by atoms with E-state index in [-0.39, 0.29) is 10.7 Å². The van der Waals surface area contributed by atoms with Gasteiger partial charge in [0.1, 0.15) is 0 Å². The first kappa shape index (κ1) is 14.8. The molecule has 21 heavy (non-hydrogen) atoms. The third-order valence-corrected chi connectivity index (χ3v) is 4.23. The molecule has 0 aliphatic carbocycles. The standard InChI is InChI=1S/C14H22ClN5O/c1-14(2)4-3-5-20(10-14)13-17-11(15)16-12(18-13)19-6-8-21-9-7-19/h3-10H2,1-2H3. The number of hydrogen-bond donors (Lipinski definition) is 0. The molecule has 0 unspecified atom stereocenters. The summed E-state index contributed by atoms with van der Waals surface area (Å²) >= 11 is 6.11. The highest BCUT2D eigenvalue weighted by atomic mass is 35.5. The predicted molar refractivity (Wildman–Crippen MR) is 83.1 cm³/mol. The third kappa shape index (κ3) is 3.55. The minimum Gasteiger partial charge on any atom is -0.378 e. The van der Waals surface area contributed by atoms with Crippen molar-refractivity contribution in [3.63, 3.8) is 0 Å². The van der Waals surface area contributed by atoms with Gasteiger partial charge in [0.2, 0.25) is 17.2 Å². The quantitative estimate of drug-likeness (QED) is 0.832. The summed E-state index contributed by atoms with van der Waals surface area (Å²) in [6.45, 7) is 9.50. The average molecular weight is 312 g/mol. The molecular weight excluding hydrogens is 290 g/mol. The fourth-order valence-electron chi connectivity index (χ4n) is 2.97. The topological polar surface area (TPSA) is 54.4 Å². The maximum absolute atomic E-state index is 6.11. The second kappa shape index (κ2) is 5.93. The molecule has 1 aromatic rings. The van der Waals surface area contributed by atoms with Crippen LogP contribution in [0.2, 0.25) is 5.28 Å². The Morgan fingerprint density at radius 2 is 1.67 bits per heavy atom. The van der Waals surface area contributed by atoms with Gasteiger partial charge in [-0.2, -0.15) is 15.0 Å². The van der Waals surface area contributed by atoms with Crippen molar-refractivity contribution in [2.75, 3.05) is 49.2 Å².